The van der Waals surface area contributed by atoms with Crippen LogP contribution in [-0.4, -0.2) is 36.8 Å². The van der Waals surface area contributed by atoms with E-state index in [1.54, 1.807) is 35.2 Å². The molecule has 0 aromatic heterocycles. The zero-order valence-electron chi connectivity index (χ0n) is 18.1. The number of nitrogens with zero attached hydrogens (tertiary/aromatic N) is 1. The van der Waals surface area contributed by atoms with Crippen molar-refractivity contribution >= 4 is 56.6 Å². The maximum Gasteiger partial charge on any atom is 0.247 e. The van der Waals surface area contributed by atoms with Gasteiger partial charge >= 0.3 is 0 Å². The van der Waals surface area contributed by atoms with Crippen molar-refractivity contribution in [1.82, 2.24) is 4.90 Å². The van der Waals surface area contributed by atoms with Gasteiger partial charge in [0, 0.05) is 39.3 Å². The molecule has 0 aliphatic carbocycles. The molecule has 34 heavy (non-hydrogen) atoms. The van der Waals surface area contributed by atoms with E-state index in [1.807, 2.05) is 42.5 Å². The van der Waals surface area contributed by atoms with Crippen molar-refractivity contribution < 1.29 is 13.2 Å². The molecule has 1 aliphatic heterocycles. The number of carbonyl (C=O) groups is 1. The van der Waals surface area contributed by atoms with Crippen LogP contribution in [0.4, 0.5) is 0 Å². The molecule has 0 bridgehead atoms. The Hall–Kier alpha value is -2.31. The van der Waals surface area contributed by atoms with Crippen molar-refractivity contribution in [3.63, 3.8) is 0 Å². The Morgan fingerprint density at radius 3 is 2.24 bits per heavy atom. The average molecular weight is 535 g/mol. The Morgan fingerprint density at radius 2 is 1.62 bits per heavy atom. The number of rotatable bonds is 6. The molecule has 1 amide bonds. The summed E-state index contributed by atoms with van der Waals surface area (Å²) >= 11 is 18.2. The lowest BCUT2D eigenvalue weighted by molar-refractivity contribution is -0.128. The Morgan fingerprint density at radius 1 is 0.941 bits per heavy atom. The average Bonchev–Trinajstić information content (AvgIpc) is 3.17. The molecule has 176 valence electrons. The van der Waals surface area contributed by atoms with Crippen molar-refractivity contribution in [3.8, 4) is 11.1 Å². The molecule has 1 heterocycles. The molecule has 0 spiro atoms. The second-order valence-electron chi connectivity index (χ2n) is 8.23. The molecule has 8 heteroatoms. The molecule has 4 rings (SSSR count). The molecule has 1 unspecified atom stereocenters. The van der Waals surface area contributed by atoms with E-state index in [0.717, 1.165) is 22.3 Å². The van der Waals surface area contributed by atoms with E-state index in [0.29, 0.717) is 28.0 Å². The van der Waals surface area contributed by atoms with Crippen LogP contribution in [0.5, 0.6) is 0 Å². The third-order valence-corrected chi connectivity index (χ3v) is 8.32. The summed E-state index contributed by atoms with van der Waals surface area (Å²) in [5.41, 5.74) is 3.51. The van der Waals surface area contributed by atoms with E-state index in [4.69, 9.17) is 34.8 Å². The highest BCUT2D eigenvalue weighted by Gasteiger charge is 2.34. The van der Waals surface area contributed by atoms with Crippen LogP contribution >= 0.6 is 34.8 Å². The SMILES string of the molecule is O=C(/C=C/c1ccc(Cl)cc1)N(Cc1ccc(-c2ccc(Cl)cc2Cl)cc1)C1CCS(=O)(=O)C1. The van der Waals surface area contributed by atoms with E-state index < -0.39 is 9.84 Å². The highest BCUT2D eigenvalue weighted by molar-refractivity contribution is 7.91. The van der Waals surface area contributed by atoms with Gasteiger partial charge in [0.2, 0.25) is 5.91 Å². The quantitative estimate of drug-likeness (QED) is 0.337. The summed E-state index contributed by atoms with van der Waals surface area (Å²) in [4.78, 5) is 14.8. The maximum absolute atomic E-state index is 13.1. The van der Waals surface area contributed by atoms with Gasteiger partial charge in [-0.2, -0.15) is 0 Å². The summed E-state index contributed by atoms with van der Waals surface area (Å²) in [5, 5.41) is 1.74. The van der Waals surface area contributed by atoms with Gasteiger partial charge in [-0.3, -0.25) is 4.79 Å². The van der Waals surface area contributed by atoms with E-state index in [2.05, 4.69) is 0 Å². The standard InChI is InChI=1S/C26H22Cl3NO3S/c27-21-8-3-18(4-9-21)5-12-26(31)30(23-13-14-34(32,33)17-23)16-19-1-6-20(7-2-19)24-11-10-22(28)15-25(24)29/h1-12,15,23H,13-14,16-17H2/b12-5+. The molecule has 0 saturated carbocycles. The number of sulfone groups is 1. The van der Waals surface area contributed by atoms with Gasteiger partial charge in [0.15, 0.2) is 9.84 Å². The second-order valence-corrected chi connectivity index (χ2v) is 11.7. The molecule has 0 radical (unpaired) electrons. The first-order valence-electron chi connectivity index (χ1n) is 10.7. The molecule has 0 N–H and O–H groups in total. The van der Waals surface area contributed by atoms with Gasteiger partial charge in [-0.25, -0.2) is 8.42 Å². The smallest absolute Gasteiger partial charge is 0.247 e. The Balaban J connectivity index is 1.55. The number of hydrogen-bond donors (Lipinski definition) is 0. The second kappa shape index (κ2) is 10.5. The van der Waals surface area contributed by atoms with Gasteiger partial charge in [-0.15, -0.1) is 0 Å². The third-order valence-electron chi connectivity index (χ3n) is 5.77. The summed E-state index contributed by atoms with van der Waals surface area (Å²) in [7, 11) is -3.15. The Labute approximate surface area is 214 Å². The van der Waals surface area contributed by atoms with E-state index in [9.17, 15) is 13.2 Å². The fraction of sp³-hybridized carbons (Fsp3) is 0.192. The minimum atomic E-state index is -3.15. The first-order valence-corrected chi connectivity index (χ1v) is 13.6. The van der Waals surface area contributed by atoms with E-state index >= 15 is 0 Å². The predicted molar refractivity (Wildman–Crippen MR) is 140 cm³/mol. The highest BCUT2D eigenvalue weighted by atomic mass is 35.5. The minimum absolute atomic E-state index is 0.0218. The fourth-order valence-corrected chi connectivity index (χ4v) is 6.33. The molecule has 1 saturated heterocycles. The van der Waals surface area contributed by atoms with Crippen molar-refractivity contribution in [2.45, 2.75) is 19.0 Å². The number of hydrogen-bond acceptors (Lipinski definition) is 3. The van der Waals surface area contributed by atoms with Gasteiger partial charge < -0.3 is 4.90 Å². The monoisotopic (exact) mass is 533 g/mol. The number of halogens is 3. The van der Waals surface area contributed by atoms with Gasteiger partial charge in [0.1, 0.15) is 0 Å². The number of amides is 1. The van der Waals surface area contributed by atoms with Crippen molar-refractivity contribution in [2.24, 2.45) is 0 Å². The summed E-state index contributed by atoms with van der Waals surface area (Å²) in [6, 6.07) is 19.8. The van der Waals surface area contributed by atoms with Crippen molar-refractivity contribution in [2.75, 3.05) is 11.5 Å². The van der Waals surface area contributed by atoms with E-state index in [-0.39, 0.29) is 23.5 Å². The zero-order valence-corrected chi connectivity index (χ0v) is 21.2. The molecule has 3 aromatic rings. The first kappa shape index (κ1) is 24.8. The number of carbonyl (C=O) groups excluding carboxylic acids is 1. The Bertz CT molecular complexity index is 1320. The maximum atomic E-state index is 13.1. The molecule has 4 nitrogen and oxygen atoms in total. The lowest BCUT2D eigenvalue weighted by atomic mass is 10.0. The topological polar surface area (TPSA) is 54.5 Å². The van der Waals surface area contributed by atoms with Crippen LogP contribution in [0.3, 0.4) is 0 Å². The van der Waals surface area contributed by atoms with Crippen molar-refractivity contribution in [1.29, 1.82) is 0 Å². The largest absolute Gasteiger partial charge is 0.331 e. The normalized spacial score (nSPS) is 17.2. The minimum Gasteiger partial charge on any atom is -0.331 e. The van der Waals surface area contributed by atoms with Crippen LogP contribution < -0.4 is 0 Å². The third kappa shape index (κ3) is 6.22. The lowest BCUT2D eigenvalue weighted by Crippen LogP contribution is -2.39. The van der Waals surface area contributed by atoms with Gasteiger partial charge in [0.25, 0.3) is 0 Å². The first-order chi connectivity index (χ1) is 16.2. The summed E-state index contributed by atoms with van der Waals surface area (Å²) in [6.45, 7) is 0.304. The molecule has 3 aromatic carbocycles. The molecular formula is C26H22Cl3NO3S. The van der Waals surface area contributed by atoms with Crippen molar-refractivity contribution in [3.05, 3.63) is 99.0 Å². The van der Waals surface area contributed by atoms with Crippen LogP contribution in [0, 0.1) is 0 Å². The summed E-state index contributed by atoms with van der Waals surface area (Å²) < 4.78 is 24.2. The van der Waals surface area contributed by atoms with E-state index in [1.165, 1.54) is 6.08 Å². The Kier molecular flexibility index (Phi) is 7.68. The lowest BCUT2D eigenvalue weighted by Gasteiger charge is -2.27. The molecule has 1 aliphatic rings. The van der Waals surface area contributed by atoms with Crippen LogP contribution in [-0.2, 0) is 21.2 Å². The fourth-order valence-electron chi connectivity index (χ4n) is 3.96. The van der Waals surface area contributed by atoms with Gasteiger partial charge in [0.05, 0.1) is 11.5 Å². The zero-order chi connectivity index (χ0) is 24.3. The van der Waals surface area contributed by atoms with Gasteiger partial charge in [-0.1, -0.05) is 77.3 Å². The highest BCUT2D eigenvalue weighted by Crippen LogP contribution is 2.31. The van der Waals surface area contributed by atoms with Crippen LogP contribution in [0.15, 0.2) is 72.8 Å². The predicted octanol–water partition coefficient (Wildman–Crippen LogP) is 6.54. The summed E-state index contributed by atoms with van der Waals surface area (Å²) in [6.07, 6.45) is 3.62. The molecular weight excluding hydrogens is 513 g/mol. The molecule has 1 fully saturated rings. The molecule has 1 atom stereocenters. The van der Waals surface area contributed by atoms with Crippen LogP contribution in [0.25, 0.3) is 17.2 Å². The number of benzene rings is 3. The van der Waals surface area contributed by atoms with Crippen LogP contribution in [0.1, 0.15) is 17.5 Å². The van der Waals surface area contributed by atoms with Gasteiger partial charge in [-0.05, 0) is 53.5 Å². The van der Waals surface area contributed by atoms with Crippen LogP contribution in [0.2, 0.25) is 15.1 Å². The summed E-state index contributed by atoms with van der Waals surface area (Å²) in [5.74, 6) is -0.163.